The smallest absolute Gasteiger partial charge is 0.329 e. The number of benzene rings is 1. The van der Waals surface area contributed by atoms with Crippen LogP contribution in [0.2, 0.25) is 0 Å². The number of anilines is 2. The highest BCUT2D eigenvalue weighted by Crippen LogP contribution is 2.42. The van der Waals surface area contributed by atoms with Gasteiger partial charge in [-0.25, -0.2) is 18.6 Å². The van der Waals surface area contributed by atoms with Crippen molar-refractivity contribution in [1.29, 1.82) is 0 Å². The lowest BCUT2D eigenvalue weighted by molar-refractivity contribution is 0.250. The molecule has 1 N–H and O–H groups in total. The Morgan fingerprint density at radius 1 is 1.10 bits per heavy atom. The summed E-state index contributed by atoms with van der Waals surface area (Å²) in [4.78, 5) is 22.9. The number of urea groups is 1. The van der Waals surface area contributed by atoms with Crippen LogP contribution in [0.15, 0.2) is 18.5 Å². The highest BCUT2D eigenvalue weighted by atomic mass is 19.1. The monoisotopic (exact) mass is 418 g/mol. The molecule has 160 valence electrons. The number of rotatable bonds is 3. The number of halogens is 2. The number of nitrogens with one attached hydrogen (secondary N) is 1. The van der Waals surface area contributed by atoms with Crippen LogP contribution in [0.3, 0.4) is 0 Å². The number of aromatic amines is 1. The summed E-state index contributed by atoms with van der Waals surface area (Å²) in [6, 6.07) is 0.530. The molecule has 0 spiro atoms. The minimum absolute atomic E-state index is 0.0454. The first-order valence-electron chi connectivity index (χ1n) is 9.49. The number of nitrogens with zero attached hydrogens (tertiary/aromatic N) is 3. The van der Waals surface area contributed by atoms with Gasteiger partial charge in [0.1, 0.15) is 11.3 Å². The van der Waals surface area contributed by atoms with Crippen molar-refractivity contribution in [3.63, 3.8) is 0 Å². The van der Waals surface area contributed by atoms with Gasteiger partial charge in [0, 0.05) is 36.5 Å². The summed E-state index contributed by atoms with van der Waals surface area (Å²) in [6.45, 7) is 5.86. The van der Waals surface area contributed by atoms with Crippen molar-refractivity contribution in [3.05, 3.63) is 41.2 Å². The quantitative estimate of drug-likeness (QED) is 0.665. The van der Waals surface area contributed by atoms with Crippen molar-refractivity contribution >= 4 is 28.4 Å². The average Bonchev–Trinajstić information content (AvgIpc) is 3.14. The number of H-pyrrole nitrogens is 1. The predicted molar refractivity (Wildman–Crippen MR) is 112 cm³/mol. The lowest BCUT2D eigenvalue weighted by Gasteiger charge is -2.35. The van der Waals surface area contributed by atoms with Crippen molar-refractivity contribution in [2.24, 2.45) is 0 Å². The Balaban J connectivity index is 0.00000124. The Hall–Kier alpha value is -3.36. The van der Waals surface area contributed by atoms with Gasteiger partial charge in [0.05, 0.1) is 26.5 Å². The molecule has 9 heteroatoms. The molecule has 0 fully saturated rings. The van der Waals surface area contributed by atoms with Gasteiger partial charge < -0.3 is 14.5 Å². The predicted octanol–water partition coefficient (Wildman–Crippen LogP) is 4.77. The fourth-order valence-electron chi connectivity index (χ4n) is 3.57. The van der Waals surface area contributed by atoms with Crippen molar-refractivity contribution in [2.75, 3.05) is 31.1 Å². The van der Waals surface area contributed by atoms with E-state index in [0.717, 1.165) is 21.9 Å². The van der Waals surface area contributed by atoms with Crippen molar-refractivity contribution in [2.45, 2.75) is 27.3 Å². The van der Waals surface area contributed by atoms with Crippen molar-refractivity contribution in [1.82, 2.24) is 9.97 Å². The van der Waals surface area contributed by atoms with Crippen LogP contribution in [0.25, 0.3) is 11.0 Å². The van der Waals surface area contributed by atoms with Gasteiger partial charge >= 0.3 is 6.03 Å². The number of methoxy groups -OCH3 is 2. The van der Waals surface area contributed by atoms with E-state index in [1.165, 1.54) is 19.1 Å². The summed E-state index contributed by atoms with van der Waals surface area (Å²) in [5, 5.41) is 0.803. The zero-order chi connectivity index (χ0) is 22.2. The van der Waals surface area contributed by atoms with Gasteiger partial charge in [-0.05, 0) is 12.5 Å². The number of ether oxygens (including phenoxy) is 2. The molecule has 30 heavy (non-hydrogen) atoms. The Labute approximate surface area is 173 Å². The van der Waals surface area contributed by atoms with Crippen molar-refractivity contribution in [3.8, 4) is 11.5 Å². The summed E-state index contributed by atoms with van der Waals surface area (Å²) in [7, 11) is 4.08. The van der Waals surface area contributed by atoms with E-state index in [1.54, 1.807) is 19.4 Å². The fraction of sp³-hybridized carbons (Fsp3) is 0.333. The number of hydrogen-bond acceptors (Lipinski definition) is 4. The van der Waals surface area contributed by atoms with E-state index < -0.39 is 23.4 Å². The zero-order valence-corrected chi connectivity index (χ0v) is 17.8. The minimum Gasteiger partial charge on any atom is -0.493 e. The number of aromatic nitrogens is 2. The summed E-state index contributed by atoms with van der Waals surface area (Å²) >= 11 is 0. The first-order chi connectivity index (χ1) is 14.4. The molecule has 0 aliphatic carbocycles. The maximum absolute atomic E-state index is 14.9. The molecular formula is C21H24F2N4O3. The van der Waals surface area contributed by atoms with E-state index in [0.29, 0.717) is 16.9 Å². The van der Waals surface area contributed by atoms with Gasteiger partial charge in [-0.15, -0.1) is 0 Å². The molecule has 2 aromatic heterocycles. The molecule has 1 aliphatic heterocycles. The van der Waals surface area contributed by atoms with Crippen LogP contribution in [0.1, 0.15) is 25.0 Å². The molecule has 4 rings (SSSR count). The molecule has 0 bridgehead atoms. The van der Waals surface area contributed by atoms with Crippen LogP contribution in [-0.2, 0) is 6.54 Å². The zero-order valence-electron chi connectivity index (χ0n) is 17.8. The number of fused-ring (bicyclic) bond motifs is 3. The molecule has 7 nitrogen and oxygen atoms in total. The number of aryl methyl sites for hydroxylation is 1. The van der Waals surface area contributed by atoms with E-state index in [9.17, 15) is 13.6 Å². The molecular weight excluding hydrogens is 394 g/mol. The lowest BCUT2D eigenvalue weighted by Crippen LogP contribution is -2.46. The molecule has 2 amide bonds. The van der Waals surface area contributed by atoms with Gasteiger partial charge in [-0.3, -0.25) is 9.80 Å². The van der Waals surface area contributed by atoms with Crippen LogP contribution in [0.5, 0.6) is 11.5 Å². The van der Waals surface area contributed by atoms with E-state index >= 15 is 0 Å². The normalized spacial score (nSPS) is 13.1. The number of pyridine rings is 1. The second-order valence-electron chi connectivity index (χ2n) is 6.51. The molecule has 0 radical (unpaired) electrons. The minimum atomic E-state index is -0.974. The summed E-state index contributed by atoms with van der Waals surface area (Å²) in [6.07, 6.45) is 3.39. The summed E-state index contributed by atoms with van der Waals surface area (Å²) in [5.74, 6) is -2.38. The van der Waals surface area contributed by atoms with Gasteiger partial charge in [0.15, 0.2) is 23.1 Å². The van der Waals surface area contributed by atoms with Crippen LogP contribution in [-0.4, -0.2) is 37.3 Å². The molecule has 3 aromatic rings. The largest absolute Gasteiger partial charge is 0.493 e. The first kappa shape index (κ1) is 21.4. The van der Waals surface area contributed by atoms with Crippen LogP contribution in [0.4, 0.5) is 25.0 Å². The summed E-state index contributed by atoms with van der Waals surface area (Å²) < 4.78 is 39.8. The highest BCUT2D eigenvalue weighted by molar-refractivity contribution is 6.11. The third kappa shape index (κ3) is 3.10. The third-order valence-corrected chi connectivity index (χ3v) is 4.95. The molecule has 3 heterocycles. The number of carbonyl (C=O) groups is 1. The Bertz CT molecular complexity index is 1090. The Morgan fingerprint density at radius 3 is 2.27 bits per heavy atom. The van der Waals surface area contributed by atoms with E-state index in [-0.39, 0.29) is 18.0 Å². The van der Waals surface area contributed by atoms with Crippen LogP contribution in [0, 0.1) is 18.6 Å². The third-order valence-electron chi connectivity index (χ3n) is 4.95. The average molecular weight is 418 g/mol. The fourth-order valence-corrected chi connectivity index (χ4v) is 3.57. The van der Waals surface area contributed by atoms with Crippen LogP contribution >= 0.6 is 0 Å². The van der Waals surface area contributed by atoms with Gasteiger partial charge in [0.25, 0.3) is 0 Å². The van der Waals surface area contributed by atoms with E-state index in [4.69, 9.17) is 9.47 Å². The van der Waals surface area contributed by atoms with Gasteiger partial charge in [-0.1, -0.05) is 13.8 Å². The Morgan fingerprint density at radius 2 is 1.70 bits per heavy atom. The second kappa shape index (κ2) is 8.17. The topological polar surface area (TPSA) is 70.7 Å². The lowest BCUT2D eigenvalue weighted by atomic mass is 10.1. The molecule has 0 saturated carbocycles. The maximum atomic E-state index is 14.9. The van der Waals surface area contributed by atoms with Gasteiger partial charge in [-0.2, -0.15) is 0 Å². The number of carbonyl (C=O) groups excluding carboxylic acids is 1. The second-order valence-corrected chi connectivity index (χ2v) is 6.51. The maximum Gasteiger partial charge on any atom is 0.329 e. The highest BCUT2D eigenvalue weighted by Gasteiger charge is 2.36. The summed E-state index contributed by atoms with van der Waals surface area (Å²) in [5.41, 5.74) is 2.38. The number of amides is 2. The van der Waals surface area contributed by atoms with Crippen LogP contribution < -0.4 is 19.3 Å². The number of hydrogen-bond donors (Lipinski definition) is 1. The first-order valence-corrected chi connectivity index (χ1v) is 9.49. The molecule has 1 aliphatic rings. The van der Waals surface area contributed by atoms with E-state index in [1.807, 2.05) is 20.8 Å². The van der Waals surface area contributed by atoms with E-state index in [2.05, 4.69) is 9.97 Å². The molecule has 0 saturated heterocycles. The molecule has 0 atom stereocenters. The van der Waals surface area contributed by atoms with Gasteiger partial charge in [0.2, 0.25) is 0 Å². The molecule has 0 unspecified atom stereocenters. The van der Waals surface area contributed by atoms with Crippen molar-refractivity contribution < 1.29 is 23.0 Å². The SMILES string of the molecule is CC.COc1cc(OC)c(F)c(N2Cc3cnc4[nH]cc(C)c4c3N(C)C2=O)c1F. The Kier molecular flexibility index (Phi) is 5.82. The standard InChI is InChI=1S/C19H18F2N4O3.C2H6/c1-9-6-22-18-13(9)16-10(7-23-18)8-25(19(26)24(16)2)17-14(20)11(27-3)5-12(28-4)15(17)21;1-2/h5-7H,8H2,1-4H3,(H,22,23);1-2H3. The molecule has 1 aromatic carbocycles.